The maximum absolute atomic E-state index is 12.4. The molecule has 1 aliphatic heterocycles. The molecule has 0 saturated carbocycles. The van der Waals surface area contributed by atoms with E-state index in [1.54, 1.807) is 7.05 Å². The van der Waals surface area contributed by atoms with Crippen LogP contribution in [0.15, 0.2) is 21.7 Å². The van der Waals surface area contributed by atoms with Crippen LogP contribution >= 0.6 is 0 Å². The molecule has 0 unspecified atom stereocenters. The van der Waals surface area contributed by atoms with Gasteiger partial charge in [-0.15, -0.1) is 0 Å². The molecule has 0 bridgehead atoms. The lowest BCUT2D eigenvalue weighted by Gasteiger charge is -2.27. The van der Waals surface area contributed by atoms with E-state index in [0.29, 0.717) is 11.2 Å². The lowest BCUT2D eigenvalue weighted by Crippen LogP contribution is -2.38. The second-order valence-electron chi connectivity index (χ2n) is 5.31. The van der Waals surface area contributed by atoms with Crippen LogP contribution in [0.25, 0.3) is 11.2 Å². The van der Waals surface area contributed by atoms with Crippen LogP contribution in [0.2, 0.25) is 0 Å². The first kappa shape index (κ1) is 13.7. The number of rotatable bonds is 2. The highest BCUT2D eigenvalue weighted by Gasteiger charge is 2.24. The topological polar surface area (TPSA) is 65.1 Å². The van der Waals surface area contributed by atoms with E-state index in [-0.39, 0.29) is 11.2 Å². The Morgan fingerprint density at radius 2 is 1.95 bits per heavy atom. The van der Waals surface area contributed by atoms with E-state index in [1.165, 1.54) is 11.6 Å². The van der Waals surface area contributed by atoms with Crippen LogP contribution in [0.3, 0.4) is 0 Å². The zero-order valence-corrected chi connectivity index (χ0v) is 12.5. The average Bonchev–Trinajstić information content (AvgIpc) is 2.89. The summed E-state index contributed by atoms with van der Waals surface area (Å²) < 4.78 is 4.52. The summed E-state index contributed by atoms with van der Waals surface area (Å²) in [5.41, 5.74) is 0.355. The third-order valence-electron chi connectivity index (χ3n) is 3.98. The lowest BCUT2D eigenvalue weighted by atomic mass is 10.3. The first-order chi connectivity index (χ1) is 10.1. The maximum atomic E-state index is 12.4. The Kier molecular flexibility index (Phi) is 3.19. The molecule has 0 radical (unpaired) electrons. The number of anilines is 1. The van der Waals surface area contributed by atoms with Gasteiger partial charge < -0.3 is 9.47 Å². The fraction of sp³-hybridized carbons (Fsp3) is 0.500. The Morgan fingerprint density at radius 1 is 1.19 bits per heavy atom. The van der Waals surface area contributed by atoms with Gasteiger partial charge in [0, 0.05) is 33.7 Å². The van der Waals surface area contributed by atoms with Crippen molar-refractivity contribution >= 4 is 17.1 Å². The Hall–Kier alpha value is -2.31. The van der Waals surface area contributed by atoms with Crippen molar-refractivity contribution in [2.24, 2.45) is 14.1 Å². The molecule has 112 valence electrons. The van der Waals surface area contributed by atoms with Crippen molar-refractivity contribution in [2.45, 2.75) is 19.9 Å². The Morgan fingerprint density at radius 3 is 2.67 bits per heavy atom. The molecule has 2 aromatic rings. The van der Waals surface area contributed by atoms with Crippen LogP contribution < -0.4 is 16.1 Å². The highest BCUT2D eigenvalue weighted by molar-refractivity contribution is 5.74. The Bertz CT molecular complexity index is 840. The molecule has 0 saturated heterocycles. The first-order valence-electron chi connectivity index (χ1n) is 7.08. The molecule has 0 N–H and O–H groups in total. The van der Waals surface area contributed by atoms with Gasteiger partial charge in [-0.05, 0) is 13.3 Å². The molecule has 0 aliphatic carbocycles. The van der Waals surface area contributed by atoms with Crippen LogP contribution in [0.4, 0.5) is 5.95 Å². The predicted molar refractivity (Wildman–Crippen MR) is 81.9 cm³/mol. The van der Waals surface area contributed by atoms with Crippen molar-refractivity contribution in [1.82, 2.24) is 18.7 Å². The summed E-state index contributed by atoms with van der Waals surface area (Å²) in [4.78, 5) is 31.1. The second kappa shape index (κ2) is 4.91. The third kappa shape index (κ3) is 1.91. The number of fused-ring (bicyclic) bond motifs is 3. The molecule has 0 spiro atoms. The summed E-state index contributed by atoms with van der Waals surface area (Å²) in [6.07, 6.45) is 5.02. The molecule has 0 aromatic carbocycles. The molecule has 3 heterocycles. The summed E-state index contributed by atoms with van der Waals surface area (Å²) in [6.45, 7) is 4.40. The molecule has 2 aromatic heterocycles. The normalized spacial score (nSPS) is 15.1. The molecule has 0 atom stereocenters. The number of hydrogen-bond donors (Lipinski definition) is 0. The Labute approximate surface area is 121 Å². The van der Waals surface area contributed by atoms with E-state index >= 15 is 0 Å². The van der Waals surface area contributed by atoms with Gasteiger partial charge in [0.2, 0.25) is 5.95 Å². The highest BCUT2D eigenvalue weighted by Crippen LogP contribution is 2.23. The molecule has 21 heavy (non-hydrogen) atoms. The van der Waals surface area contributed by atoms with E-state index in [4.69, 9.17) is 0 Å². The van der Waals surface area contributed by atoms with Gasteiger partial charge in [-0.1, -0.05) is 12.2 Å². The van der Waals surface area contributed by atoms with Crippen molar-refractivity contribution in [2.75, 3.05) is 18.0 Å². The van der Waals surface area contributed by atoms with Crippen LogP contribution in [0.1, 0.15) is 13.3 Å². The number of allylic oxidation sites excluding steroid dienone is 1. The molecule has 3 rings (SSSR count). The number of aryl methyl sites for hydroxylation is 2. The van der Waals surface area contributed by atoms with Gasteiger partial charge in [-0.3, -0.25) is 13.9 Å². The van der Waals surface area contributed by atoms with E-state index in [0.717, 1.165) is 36.6 Å². The lowest BCUT2D eigenvalue weighted by molar-refractivity contribution is 0.577. The summed E-state index contributed by atoms with van der Waals surface area (Å²) >= 11 is 0. The smallest absolute Gasteiger partial charge is 0.332 e. The van der Waals surface area contributed by atoms with Gasteiger partial charge in [-0.2, -0.15) is 4.98 Å². The van der Waals surface area contributed by atoms with Crippen LogP contribution in [-0.2, 0) is 20.6 Å². The van der Waals surface area contributed by atoms with Gasteiger partial charge >= 0.3 is 5.69 Å². The molecule has 0 amide bonds. The van der Waals surface area contributed by atoms with Gasteiger partial charge in [0.05, 0.1) is 0 Å². The number of imidazole rings is 1. The van der Waals surface area contributed by atoms with E-state index in [1.807, 2.05) is 17.6 Å². The van der Waals surface area contributed by atoms with E-state index in [9.17, 15) is 9.59 Å². The summed E-state index contributed by atoms with van der Waals surface area (Å²) in [5.74, 6) is 0.771. The summed E-state index contributed by atoms with van der Waals surface area (Å²) in [7, 11) is 3.16. The fourth-order valence-corrected chi connectivity index (χ4v) is 2.81. The van der Waals surface area contributed by atoms with Crippen molar-refractivity contribution in [3.8, 4) is 0 Å². The molecular formula is C14H19N5O2. The minimum absolute atomic E-state index is 0.278. The first-order valence-corrected chi connectivity index (χ1v) is 7.08. The minimum Gasteiger partial charge on any atom is -0.338 e. The second-order valence-corrected chi connectivity index (χ2v) is 5.31. The van der Waals surface area contributed by atoms with Gasteiger partial charge in [0.25, 0.3) is 5.56 Å². The highest BCUT2D eigenvalue weighted by atomic mass is 16.2. The fourth-order valence-electron chi connectivity index (χ4n) is 2.81. The van der Waals surface area contributed by atoms with Crippen LogP contribution in [0, 0.1) is 0 Å². The minimum atomic E-state index is -0.344. The van der Waals surface area contributed by atoms with Crippen LogP contribution in [0.5, 0.6) is 0 Å². The number of nitrogens with zero attached hydrogens (tertiary/aromatic N) is 5. The van der Waals surface area contributed by atoms with Gasteiger partial charge in [0.15, 0.2) is 11.2 Å². The molecular weight excluding hydrogens is 270 g/mol. The monoisotopic (exact) mass is 289 g/mol. The van der Waals surface area contributed by atoms with E-state index in [2.05, 4.69) is 16.0 Å². The average molecular weight is 289 g/mol. The molecule has 0 fully saturated rings. The van der Waals surface area contributed by atoms with Gasteiger partial charge in [-0.25, -0.2) is 4.79 Å². The van der Waals surface area contributed by atoms with Crippen molar-refractivity contribution in [3.63, 3.8) is 0 Å². The predicted octanol–water partition coefficient (Wildman–Crippen LogP) is 0.220. The summed E-state index contributed by atoms with van der Waals surface area (Å²) in [5, 5.41) is 0. The van der Waals surface area contributed by atoms with Crippen LogP contribution in [-0.4, -0.2) is 31.8 Å². The third-order valence-corrected chi connectivity index (χ3v) is 3.98. The maximum Gasteiger partial charge on any atom is 0.332 e. The Balaban J connectivity index is 2.31. The number of aromatic nitrogens is 4. The number of hydrogen-bond acceptors (Lipinski definition) is 4. The van der Waals surface area contributed by atoms with Gasteiger partial charge in [0.1, 0.15) is 0 Å². The summed E-state index contributed by atoms with van der Waals surface area (Å²) in [6, 6.07) is 0. The quantitative estimate of drug-likeness (QED) is 0.742. The molecule has 7 heteroatoms. The zero-order valence-electron chi connectivity index (χ0n) is 12.5. The zero-order chi connectivity index (χ0) is 15.1. The molecule has 7 nitrogen and oxygen atoms in total. The SMILES string of the molecule is CC=CCN1CCCn2c1nc1c2c(=O)n(C)c(=O)n1C. The van der Waals surface area contributed by atoms with Crippen molar-refractivity contribution < 1.29 is 0 Å². The standard InChI is InChI=1S/C14H19N5O2/c1-4-5-7-18-8-6-9-19-10-11(15-13(18)19)16(2)14(21)17(3)12(10)20/h4-5H,6-9H2,1-3H3. The molecule has 1 aliphatic rings. The van der Waals surface area contributed by atoms with Crippen molar-refractivity contribution in [3.05, 3.63) is 33.0 Å². The largest absolute Gasteiger partial charge is 0.338 e. The van der Waals surface area contributed by atoms with E-state index < -0.39 is 0 Å². The van der Waals surface area contributed by atoms with Crippen molar-refractivity contribution in [1.29, 1.82) is 0 Å².